The molecule has 0 amide bonds. The third kappa shape index (κ3) is 3.23. The van der Waals surface area contributed by atoms with Gasteiger partial charge in [0.15, 0.2) is 11.6 Å². The fourth-order valence-electron chi connectivity index (χ4n) is 1.61. The topological polar surface area (TPSA) is 60.5 Å². The van der Waals surface area contributed by atoms with Crippen LogP contribution in [0, 0.1) is 0 Å². The molecule has 0 bridgehead atoms. The van der Waals surface area contributed by atoms with Crippen LogP contribution in [0.5, 0.6) is 5.75 Å². The molecule has 0 saturated carbocycles. The van der Waals surface area contributed by atoms with Crippen molar-refractivity contribution < 1.29 is 14.3 Å². The molecule has 5 nitrogen and oxygen atoms in total. The van der Waals surface area contributed by atoms with Crippen molar-refractivity contribution in [2.45, 2.75) is 13.3 Å². The molecule has 0 spiro atoms. The molecule has 1 aliphatic rings. The molecular formula is C13H16N2O3. The van der Waals surface area contributed by atoms with E-state index in [1.165, 1.54) is 6.08 Å². The molecule has 0 aliphatic carbocycles. The number of carbonyl (C=O) groups excluding carboxylic acids is 1. The maximum atomic E-state index is 11.2. The summed E-state index contributed by atoms with van der Waals surface area (Å²) in [6.45, 7) is 3.68. The van der Waals surface area contributed by atoms with E-state index < -0.39 is 0 Å². The highest BCUT2D eigenvalue weighted by atomic mass is 16.5. The summed E-state index contributed by atoms with van der Waals surface area (Å²) in [5.74, 6) is 1.12. The predicted octanol–water partition coefficient (Wildman–Crippen LogP) is 1.85. The largest absolute Gasteiger partial charge is 0.490 e. The van der Waals surface area contributed by atoms with Gasteiger partial charge >= 0.3 is 5.97 Å². The lowest BCUT2D eigenvalue weighted by Crippen LogP contribution is -2.01. The van der Waals surface area contributed by atoms with Gasteiger partial charge in [0.2, 0.25) is 0 Å². The summed E-state index contributed by atoms with van der Waals surface area (Å²) in [6.07, 6.45) is 5.69. The highest BCUT2D eigenvalue weighted by Gasteiger charge is 2.09. The number of nitrogens with one attached hydrogen (secondary N) is 1. The van der Waals surface area contributed by atoms with Crippen LogP contribution in [0.1, 0.15) is 18.9 Å². The molecule has 2 rings (SSSR count). The monoisotopic (exact) mass is 248 g/mol. The van der Waals surface area contributed by atoms with Crippen LogP contribution in [-0.2, 0) is 9.53 Å². The second-order valence-corrected chi connectivity index (χ2v) is 3.83. The van der Waals surface area contributed by atoms with E-state index in [1.807, 2.05) is 6.07 Å². The van der Waals surface area contributed by atoms with Crippen LogP contribution in [0.3, 0.4) is 0 Å². The molecule has 2 heterocycles. The van der Waals surface area contributed by atoms with Gasteiger partial charge in [0.05, 0.1) is 13.2 Å². The van der Waals surface area contributed by atoms with Crippen LogP contribution in [-0.4, -0.2) is 30.7 Å². The third-order valence-corrected chi connectivity index (χ3v) is 2.44. The van der Waals surface area contributed by atoms with Gasteiger partial charge < -0.3 is 14.8 Å². The second-order valence-electron chi connectivity index (χ2n) is 3.83. The van der Waals surface area contributed by atoms with E-state index in [2.05, 4.69) is 10.3 Å². The van der Waals surface area contributed by atoms with Crippen LogP contribution < -0.4 is 10.1 Å². The Morgan fingerprint density at radius 2 is 2.56 bits per heavy atom. The predicted molar refractivity (Wildman–Crippen MR) is 68.5 cm³/mol. The van der Waals surface area contributed by atoms with Crippen LogP contribution in [0.15, 0.2) is 18.3 Å². The molecule has 1 aromatic heterocycles. The smallest absolute Gasteiger partial charge is 0.330 e. The third-order valence-electron chi connectivity index (χ3n) is 2.44. The number of nitrogens with zero attached hydrogens (tertiary/aromatic N) is 1. The van der Waals surface area contributed by atoms with Gasteiger partial charge in [-0.2, -0.15) is 0 Å². The molecule has 0 unspecified atom stereocenters. The Labute approximate surface area is 106 Å². The number of hydrogen-bond donors (Lipinski definition) is 1. The molecule has 18 heavy (non-hydrogen) atoms. The molecule has 0 fully saturated rings. The first-order valence-corrected chi connectivity index (χ1v) is 6.01. The van der Waals surface area contributed by atoms with Crippen molar-refractivity contribution in [2.24, 2.45) is 0 Å². The molecule has 0 radical (unpaired) electrons. The van der Waals surface area contributed by atoms with Crippen molar-refractivity contribution in [1.29, 1.82) is 0 Å². The molecule has 1 aromatic rings. The average Bonchev–Trinajstić information content (AvgIpc) is 2.61. The SMILES string of the molecule is CCOC(=O)C=Cc1cnc2c(c1)OCCCN2. The zero-order valence-electron chi connectivity index (χ0n) is 10.3. The van der Waals surface area contributed by atoms with Gasteiger partial charge in [-0.05, 0) is 31.1 Å². The summed E-state index contributed by atoms with van der Waals surface area (Å²) in [4.78, 5) is 15.5. The van der Waals surface area contributed by atoms with Gasteiger partial charge in [-0.1, -0.05) is 0 Å². The summed E-state index contributed by atoms with van der Waals surface area (Å²) in [7, 11) is 0. The summed E-state index contributed by atoms with van der Waals surface area (Å²) in [5.41, 5.74) is 0.811. The van der Waals surface area contributed by atoms with E-state index in [0.717, 1.165) is 30.1 Å². The van der Waals surface area contributed by atoms with Crippen LogP contribution in [0.2, 0.25) is 0 Å². The normalized spacial score (nSPS) is 14.3. The number of esters is 1. The average molecular weight is 248 g/mol. The van der Waals surface area contributed by atoms with E-state index in [1.54, 1.807) is 19.2 Å². The molecule has 0 aromatic carbocycles. The Morgan fingerprint density at radius 1 is 1.67 bits per heavy atom. The first-order chi connectivity index (χ1) is 8.79. The number of fused-ring (bicyclic) bond motifs is 1. The lowest BCUT2D eigenvalue weighted by atomic mass is 10.2. The van der Waals surface area contributed by atoms with E-state index >= 15 is 0 Å². The number of ether oxygens (including phenoxy) is 2. The fraction of sp³-hybridized carbons (Fsp3) is 0.385. The molecule has 96 valence electrons. The van der Waals surface area contributed by atoms with Crippen LogP contribution >= 0.6 is 0 Å². The molecular weight excluding hydrogens is 232 g/mol. The number of aromatic nitrogens is 1. The van der Waals surface area contributed by atoms with Crippen molar-refractivity contribution >= 4 is 17.9 Å². The number of rotatable bonds is 3. The molecule has 0 atom stereocenters. The Balaban J connectivity index is 2.10. The van der Waals surface area contributed by atoms with Crippen LogP contribution in [0.4, 0.5) is 5.82 Å². The lowest BCUT2D eigenvalue weighted by Gasteiger charge is -2.06. The van der Waals surface area contributed by atoms with Gasteiger partial charge in [0.1, 0.15) is 0 Å². The highest BCUT2D eigenvalue weighted by molar-refractivity contribution is 5.87. The zero-order valence-corrected chi connectivity index (χ0v) is 10.3. The van der Waals surface area contributed by atoms with E-state index in [4.69, 9.17) is 9.47 Å². The van der Waals surface area contributed by atoms with Gasteiger partial charge in [-0.3, -0.25) is 0 Å². The number of pyridine rings is 1. The Morgan fingerprint density at radius 3 is 3.39 bits per heavy atom. The quantitative estimate of drug-likeness (QED) is 0.653. The van der Waals surface area contributed by atoms with Gasteiger partial charge in [-0.25, -0.2) is 9.78 Å². The summed E-state index contributed by atoms with van der Waals surface area (Å²) in [6, 6.07) is 1.86. The van der Waals surface area contributed by atoms with Gasteiger partial charge in [0, 0.05) is 18.8 Å². The number of carbonyl (C=O) groups is 1. The summed E-state index contributed by atoms with van der Waals surface area (Å²) in [5, 5.41) is 3.19. The van der Waals surface area contributed by atoms with Gasteiger partial charge in [0.25, 0.3) is 0 Å². The molecule has 1 N–H and O–H groups in total. The molecule has 1 aliphatic heterocycles. The number of hydrogen-bond acceptors (Lipinski definition) is 5. The maximum absolute atomic E-state index is 11.2. The lowest BCUT2D eigenvalue weighted by molar-refractivity contribution is -0.137. The minimum Gasteiger partial charge on any atom is -0.490 e. The minimum absolute atomic E-state index is 0.355. The first kappa shape index (κ1) is 12.4. The van der Waals surface area contributed by atoms with Gasteiger partial charge in [-0.15, -0.1) is 0 Å². The molecule has 5 heteroatoms. The zero-order chi connectivity index (χ0) is 12.8. The van der Waals surface area contributed by atoms with Crippen molar-refractivity contribution in [3.05, 3.63) is 23.9 Å². The van der Waals surface area contributed by atoms with E-state index in [9.17, 15) is 4.79 Å². The van der Waals surface area contributed by atoms with E-state index in [-0.39, 0.29) is 5.97 Å². The van der Waals surface area contributed by atoms with Crippen molar-refractivity contribution in [2.75, 3.05) is 25.1 Å². The minimum atomic E-state index is -0.355. The highest BCUT2D eigenvalue weighted by Crippen LogP contribution is 2.25. The first-order valence-electron chi connectivity index (χ1n) is 6.01. The van der Waals surface area contributed by atoms with Crippen LogP contribution in [0.25, 0.3) is 6.08 Å². The van der Waals surface area contributed by atoms with Crippen molar-refractivity contribution in [3.8, 4) is 5.75 Å². The maximum Gasteiger partial charge on any atom is 0.330 e. The Bertz CT molecular complexity index is 458. The number of anilines is 1. The fourth-order valence-corrected chi connectivity index (χ4v) is 1.61. The summed E-state index contributed by atoms with van der Waals surface area (Å²) >= 11 is 0. The van der Waals surface area contributed by atoms with Crippen molar-refractivity contribution in [3.63, 3.8) is 0 Å². The van der Waals surface area contributed by atoms with Crippen molar-refractivity contribution in [1.82, 2.24) is 4.98 Å². The molecule has 0 saturated heterocycles. The second kappa shape index (κ2) is 6.05. The van der Waals surface area contributed by atoms with E-state index in [0.29, 0.717) is 13.2 Å². The standard InChI is InChI=1S/C13H16N2O3/c1-2-17-12(16)5-4-10-8-11-13(15-9-10)14-6-3-7-18-11/h4-5,8-9H,2-3,6-7H2,1H3,(H,14,15). The summed E-state index contributed by atoms with van der Waals surface area (Å²) < 4.78 is 10.4. The Hall–Kier alpha value is -2.04. The Kier molecular flexibility index (Phi) is 4.17.